The maximum Gasteiger partial charge on any atom is 0.280 e. The second-order valence-electron chi connectivity index (χ2n) is 7.45. The standard InChI is InChI=1S/C24H18N4O4/c1-14-6-11-19-20(12-14)26-22(25-19)15-7-9-16(10-8-15)32-13-21(29)27-28-23(30)17-4-2-3-5-18(17)24(28)31/h2-12H,13H2,1H3,(H,25,26)(H,27,29). The quantitative estimate of drug-likeness (QED) is 0.477. The lowest BCUT2D eigenvalue weighted by molar-refractivity contribution is -0.126. The number of ether oxygens (including phenoxy) is 1. The summed E-state index contributed by atoms with van der Waals surface area (Å²) in [4.78, 5) is 44.7. The topological polar surface area (TPSA) is 104 Å². The van der Waals surface area contributed by atoms with E-state index in [1.54, 1.807) is 36.4 Å². The number of rotatable bonds is 5. The molecule has 4 aromatic rings. The third-order valence-corrected chi connectivity index (χ3v) is 5.17. The number of amides is 3. The van der Waals surface area contributed by atoms with Crippen LogP contribution in [-0.2, 0) is 4.79 Å². The molecular formula is C24H18N4O4. The van der Waals surface area contributed by atoms with Crippen molar-refractivity contribution in [2.45, 2.75) is 6.92 Å². The van der Waals surface area contributed by atoms with Gasteiger partial charge in [0.05, 0.1) is 22.2 Å². The largest absolute Gasteiger partial charge is 0.484 e. The highest BCUT2D eigenvalue weighted by Gasteiger charge is 2.36. The Hall–Kier alpha value is -4.46. The molecule has 1 aliphatic heterocycles. The first-order valence-corrected chi connectivity index (χ1v) is 9.96. The summed E-state index contributed by atoms with van der Waals surface area (Å²) >= 11 is 0. The Labute approximate surface area is 182 Å². The van der Waals surface area contributed by atoms with E-state index >= 15 is 0 Å². The lowest BCUT2D eigenvalue weighted by atomic mass is 10.1. The van der Waals surface area contributed by atoms with Crippen molar-refractivity contribution < 1.29 is 19.1 Å². The molecule has 1 aliphatic rings. The molecule has 0 saturated heterocycles. The van der Waals surface area contributed by atoms with E-state index in [1.165, 1.54) is 0 Å². The zero-order valence-electron chi connectivity index (χ0n) is 17.1. The van der Waals surface area contributed by atoms with E-state index in [0.29, 0.717) is 10.8 Å². The maximum absolute atomic E-state index is 12.3. The third kappa shape index (κ3) is 3.47. The van der Waals surface area contributed by atoms with Crippen LogP contribution >= 0.6 is 0 Å². The molecule has 0 aliphatic carbocycles. The molecule has 5 rings (SSSR count). The van der Waals surface area contributed by atoms with E-state index in [0.717, 1.165) is 28.0 Å². The van der Waals surface area contributed by atoms with Crippen molar-refractivity contribution in [3.05, 3.63) is 83.4 Å². The van der Waals surface area contributed by atoms with Crippen LogP contribution in [-0.4, -0.2) is 39.3 Å². The fraction of sp³-hybridized carbons (Fsp3) is 0.0833. The number of hydrogen-bond donors (Lipinski definition) is 2. The van der Waals surface area contributed by atoms with Crippen LogP contribution in [0.15, 0.2) is 66.7 Å². The van der Waals surface area contributed by atoms with Crippen molar-refractivity contribution in [3.8, 4) is 17.1 Å². The van der Waals surface area contributed by atoms with Gasteiger partial charge >= 0.3 is 0 Å². The average molecular weight is 426 g/mol. The van der Waals surface area contributed by atoms with Crippen molar-refractivity contribution in [2.75, 3.05) is 6.61 Å². The van der Waals surface area contributed by atoms with Gasteiger partial charge in [0.25, 0.3) is 17.7 Å². The molecule has 1 aromatic heterocycles. The van der Waals surface area contributed by atoms with Gasteiger partial charge in [0, 0.05) is 5.56 Å². The zero-order valence-corrected chi connectivity index (χ0v) is 17.1. The number of aryl methyl sites for hydroxylation is 1. The fourth-order valence-electron chi connectivity index (χ4n) is 3.57. The summed E-state index contributed by atoms with van der Waals surface area (Å²) in [6.07, 6.45) is 0. The van der Waals surface area contributed by atoms with Crippen LogP contribution in [0.3, 0.4) is 0 Å². The van der Waals surface area contributed by atoms with Crippen LogP contribution in [0.25, 0.3) is 22.4 Å². The van der Waals surface area contributed by atoms with Gasteiger partial charge in [0.2, 0.25) is 0 Å². The van der Waals surface area contributed by atoms with Crippen LogP contribution in [0.2, 0.25) is 0 Å². The van der Waals surface area contributed by atoms with Crippen LogP contribution in [0, 0.1) is 6.92 Å². The second kappa shape index (κ2) is 7.66. The highest BCUT2D eigenvalue weighted by Crippen LogP contribution is 2.24. The van der Waals surface area contributed by atoms with Gasteiger partial charge in [-0.3, -0.25) is 19.8 Å². The van der Waals surface area contributed by atoms with Crippen molar-refractivity contribution in [3.63, 3.8) is 0 Å². The predicted molar refractivity (Wildman–Crippen MR) is 117 cm³/mol. The number of benzene rings is 3. The third-order valence-electron chi connectivity index (χ3n) is 5.17. The zero-order chi connectivity index (χ0) is 22.2. The highest BCUT2D eigenvalue weighted by molar-refractivity contribution is 6.21. The molecule has 0 spiro atoms. The Morgan fingerprint density at radius 2 is 1.69 bits per heavy atom. The summed E-state index contributed by atoms with van der Waals surface area (Å²) < 4.78 is 5.50. The van der Waals surface area contributed by atoms with Crippen LogP contribution in [0.5, 0.6) is 5.75 Å². The smallest absolute Gasteiger partial charge is 0.280 e. The van der Waals surface area contributed by atoms with Gasteiger partial charge in [-0.15, -0.1) is 0 Å². The first kappa shape index (κ1) is 19.5. The van der Waals surface area contributed by atoms with Crippen molar-refractivity contribution in [2.24, 2.45) is 0 Å². The van der Waals surface area contributed by atoms with E-state index in [1.807, 2.05) is 37.3 Å². The molecule has 0 atom stereocenters. The lowest BCUT2D eigenvalue weighted by Gasteiger charge is -2.15. The molecule has 8 heteroatoms. The summed E-state index contributed by atoms with van der Waals surface area (Å²) in [5.74, 6) is -0.538. The number of imide groups is 1. The SMILES string of the molecule is Cc1ccc2nc(-c3ccc(OCC(=O)NN4C(=O)c5ccccc5C4=O)cc3)[nH]c2c1. The summed E-state index contributed by atoms with van der Waals surface area (Å²) in [6.45, 7) is 1.67. The number of aromatic nitrogens is 2. The van der Waals surface area contributed by atoms with Gasteiger partial charge < -0.3 is 9.72 Å². The summed E-state index contributed by atoms with van der Waals surface area (Å²) in [6, 6.07) is 19.5. The Kier molecular flexibility index (Phi) is 4.67. The number of carbonyl (C=O) groups excluding carboxylic acids is 3. The maximum atomic E-state index is 12.3. The Morgan fingerprint density at radius 1 is 1.00 bits per heavy atom. The molecule has 0 fully saturated rings. The second-order valence-corrected chi connectivity index (χ2v) is 7.45. The highest BCUT2D eigenvalue weighted by atomic mass is 16.5. The predicted octanol–water partition coefficient (Wildman–Crippen LogP) is 3.24. The molecule has 2 N–H and O–H groups in total. The molecular weight excluding hydrogens is 408 g/mol. The number of carbonyl (C=O) groups is 3. The molecule has 3 amide bonds. The number of hydrazine groups is 1. The number of nitrogens with one attached hydrogen (secondary N) is 2. The lowest BCUT2D eigenvalue weighted by Crippen LogP contribution is -2.47. The molecule has 0 unspecified atom stereocenters. The molecule has 2 heterocycles. The molecule has 0 radical (unpaired) electrons. The van der Waals surface area contributed by atoms with E-state index in [9.17, 15) is 14.4 Å². The Balaban J connectivity index is 1.21. The van der Waals surface area contributed by atoms with Crippen LogP contribution in [0.1, 0.15) is 26.3 Å². The average Bonchev–Trinajstić information content (AvgIpc) is 3.33. The van der Waals surface area contributed by atoms with E-state index in [-0.39, 0.29) is 17.7 Å². The van der Waals surface area contributed by atoms with Crippen molar-refractivity contribution in [1.29, 1.82) is 0 Å². The minimum absolute atomic E-state index is 0.259. The van der Waals surface area contributed by atoms with E-state index in [4.69, 9.17) is 4.74 Å². The molecule has 3 aromatic carbocycles. The van der Waals surface area contributed by atoms with Gasteiger partial charge in [-0.05, 0) is 61.0 Å². The first-order valence-electron chi connectivity index (χ1n) is 9.96. The minimum atomic E-state index is -0.615. The monoisotopic (exact) mass is 426 g/mol. The number of imidazole rings is 1. The number of hydrogen-bond acceptors (Lipinski definition) is 5. The summed E-state index contributed by atoms with van der Waals surface area (Å²) in [7, 11) is 0. The molecule has 0 bridgehead atoms. The van der Waals surface area contributed by atoms with E-state index in [2.05, 4.69) is 15.4 Å². The van der Waals surface area contributed by atoms with Gasteiger partial charge in [0.1, 0.15) is 11.6 Å². The number of fused-ring (bicyclic) bond motifs is 2. The number of nitrogens with zero attached hydrogens (tertiary/aromatic N) is 2. The summed E-state index contributed by atoms with van der Waals surface area (Å²) in [5, 5.41) is 0.711. The molecule has 8 nitrogen and oxygen atoms in total. The summed E-state index contributed by atoms with van der Waals surface area (Å²) in [5.41, 5.74) is 6.70. The Morgan fingerprint density at radius 3 is 2.38 bits per heavy atom. The number of H-pyrrole nitrogens is 1. The van der Waals surface area contributed by atoms with Gasteiger partial charge in [0.15, 0.2) is 6.61 Å². The van der Waals surface area contributed by atoms with Gasteiger partial charge in [-0.2, -0.15) is 5.01 Å². The van der Waals surface area contributed by atoms with E-state index < -0.39 is 17.7 Å². The van der Waals surface area contributed by atoms with Crippen molar-refractivity contribution in [1.82, 2.24) is 20.4 Å². The first-order chi connectivity index (χ1) is 15.5. The van der Waals surface area contributed by atoms with Gasteiger partial charge in [-0.25, -0.2) is 4.98 Å². The Bertz CT molecular complexity index is 1340. The molecule has 158 valence electrons. The normalized spacial score (nSPS) is 12.8. The number of aromatic amines is 1. The van der Waals surface area contributed by atoms with Crippen LogP contribution in [0.4, 0.5) is 0 Å². The van der Waals surface area contributed by atoms with Gasteiger partial charge in [-0.1, -0.05) is 18.2 Å². The molecule has 0 saturated carbocycles. The minimum Gasteiger partial charge on any atom is -0.484 e. The van der Waals surface area contributed by atoms with Crippen molar-refractivity contribution >= 4 is 28.8 Å². The fourth-order valence-corrected chi connectivity index (χ4v) is 3.57. The molecule has 32 heavy (non-hydrogen) atoms. The van der Waals surface area contributed by atoms with Crippen LogP contribution < -0.4 is 10.2 Å².